The van der Waals surface area contributed by atoms with Crippen molar-refractivity contribution < 1.29 is 9.53 Å². The van der Waals surface area contributed by atoms with Crippen LogP contribution in [0.1, 0.15) is 31.1 Å². The van der Waals surface area contributed by atoms with E-state index in [0.29, 0.717) is 36.7 Å². The van der Waals surface area contributed by atoms with Gasteiger partial charge < -0.3 is 15.4 Å². The number of anilines is 1. The normalized spacial score (nSPS) is 10.1. The summed E-state index contributed by atoms with van der Waals surface area (Å²) in [6, 6.07) is 5.17. The lowest BCUT2D eigenvalue weighted by Gasteiger charge is -2.19. The van der Waals surface area contributed by atoms with E-state index in [1.54, 1.807) is 23.1 Å². The number of hydrogen-bond donors (Lipinski definition) is 1. The van der Waals surface area contributed by atoms with Gasteiger partial charge in [-0.05, 0) is 39.0 Å². The van der Waals surface area contributed by atoms with Gasteiger partial charge in [-0.15, -0.1) is 0 Å². The molecule has 0 heterocycles. The van der Waals surface area contributed by atoms with Gasteiger partial charge in [0.05, 0.1) is 12.3 Å². The summed E-state index contributed by atoms with van der Waals surface area (Å²) in [5.41, 5.74) is 6.94. The van der Waals surface area contributed by atoms with Gasteiger partial charge in [0.2, 0.25) is 0 Å². The lowest BCUT2D eigenvalue weighted by atomic mass is 10.1. The van der Waals surface area contributed by atoms with Gasteiger partial charge in [-0.2, -0.15) is 0 Å². The first-order valence-corrected chi connectivity index (χ1v) is 5.95. The number of hydrogen-bond acceptors (Lipinski definition) is 3. The molecule has 17 heavy (non-hydrogen) atoms. The molecule has 0 radical (unpaired) electrons. The molecule has 1 amide bonds. The van der Waals surface area contributed by atoms with Crippen molar-refractivity contribution in [1.82, 2.24) is 4.90 Å². The van der Waals surface area contributed by atoms with Crippen LogP contribution in [0.25, 0.3) is 0 Å². The minimum Gasteiger partial charge on any atom is -0.492 e. The lowest BCUT2D eigenvalue weighted by Crippen LogP contribution is -2.30. The van der Waals surface area contributed by atoms with Gasteiger partial charge in [0.1, 0.15) is 5.75 Å². The van der Waals surface area contributed by atoms with Crippen molar-refractivity contribution in [3.63, 3.8) is 0 Å². The molecule has 1 rings (SSSR count). The van der Waals surface area contributed by atoms with Crippen molar-refractivity contribution in [3.8, 4) is 5.75 Å². The van der Waals surface area contributed by atoms with Crippen LogP contribution in [0, 0.1) is 0 Å². The summed E-state index contributed by atoms with van der Waals surface area (Å²) in [7, 11) is 0. The second kappa shape index (κ2) is 6.13. The van der Waals surface area contributed by atoms with Gasteiger partial charge in [0.25, 0.3) is 5.91 Å². The van der Waals surface area contributed by atoms with Gasteiger partial charge in [0.15, 0.2) is 0 Å². The number of carbonyl (C=O) groups excluding carboxylic acids is 1. The Morgan fingerprint density at radius 1 is 1.29 bits per heavy atom. The van der Waals surface area contributed by atoms with Gasteiger partial charge >= 0.3 is 0 Å². The van der Waals surface area contributed by atoms with Crippen LogP contribution >= 0.6 is 0 Å². The molecule has 0 aliphatic carbocycles. The van der Waals surface area contributed by atoms with Crippen LogP contribution in [0.2, 0.25) is 0 Å². The predicted octanol–water partition coefficient (Wildman–Crippen LogP) is 2.15. The first-order chi connectivity index (χ1) is 8.13. The summed E-state index contributed by atoms with van der Waals surface area (Å²) in [4.78, 5) is 13.8. The quantitative estimate of drug-likeness (QED) is 0.797. The largest absolute Gasteiger partial charge is 0.492 e. The molecule has 2 N–H and O–H groups in total. The standard InChI is InChI=1S/C13H20N2O2/c1-4-15(5-2)13(16)10-7-8-12(17-6-3)11(14)9-10/h7-9H,4-6,14H2,1-3H3. The van der Waals surface area contributed by atoms with Crippen molar-refractivity contribution >= 4 is 11.6 Å². The van der Waals surface area contributed by atoms with E-state index >= 15 is 0 Å². The highest BCUT2D eigenvalue weighted by Crippen LogP contribution is 2.23. The van der Waals surface area contributed by atoms with Crippen molar-refractivity contribution in [2.24, 2.45) is 0 Å². The molecular formula is C13H20N2O2. The Balaban J connectivity index is 2.93. The molecule has 0 bridgehead atoms. The second-order valence-corrected chi connectivity index (χ2v) is 3.66. The molecule has 0 spiro atoms. The molecular weight excluding hydrogens is 216 g/mol. The lowest BCUT2D eigenvalue weighted by molar-refractivity contribution is 0.0773. The van der Waals surface area contributed by atoms with Gasteiger partial charge in [-0.3, -0.25) is 4.79 Å². The van der Waals surface area contributed by atoms with E-state index in [9.17, 15) is 4.79 Å². The van der Waals surface area contributed by atoms with Crippen molar-refractivity contribution in [1.29, 1.82) is 0 Å². The third-order valence-corrected chi connectivity index (χ3v) is 2.61. The molecule has 0 aliphatic heterocycles. The highest BCUT2D eigenvalue weighted by Gasteiger charge is 2.13. The number of benzene rings is 1. The van der Waals surface area contributed by atoms with Crippen LogP contribution < -0.4 is 10.5 Å². The molecule has 0 saturated heterocycles. The number of ether oxygens (including phenoxy) is 1. The van der Waals surface area contributed by atoms with E-state index in [1.807, 2.05) is 20.8 Å². The molecule has 0 saturated carbocycles. The summed E-state index contributed by atoms with van der Waals surface area (Å²) in [5.74, 6) is 0.633. The average Bonchev–Trinajstić information content (AvgIpc) is 2.33. The monoisotopic (exact) mass is 236 g/mol. The first kappa shape index (κ1) is 13.4. The molecule has 1 aromatic rings. The summed E-state index contributed by atoms with van der Waals surface area (Å²) in [6.07, 6.45) is 0. The number of rotatable bonds is 5. The third-order valence-electron chi connectivity index (χ3n) is 2.61. The van der Waals surface area contributed by atoms with Crippen LogP contribution in [0.3, 0.4) is 0 Å². The van der Waals surface area contributed by atoms with Crippen molar-refractivity contribution in [2.45, 2.75) is 20.8 Å². The SMILES string of the molecule is CCOc1ccc(C(=O)N(CC)CC)cc1N. The molecule has 0 unspecified atom stereocenters. The zero-order valence-corrected chi connectivity index (χ0v) is 10.7. The molecule has 0 atom stereocenters. The van der Waals surface area contributed by atoms with Gasteiger partial charge in [0, 0.05) is 18.7 Å². The zero-order chi connectivity index (χ0) is 12.8. The highest BCUT2D eigenvalue weighted by molar-refractivity contribution is 5.95. The maximum absolute atomic E-state index is 12.1. The Labute approximate surface area is 102 Å². The minimum atomic E-state index is 0.00440. The van der Waals surface area contributed by atoms with Crippen LogP contribution in [-0.4, -0.2) is 30.5 Å². The summed E-state index contributed by atoms with van der Waals surface area (Å²) < 4.78 is 5.33. The zero-order valence-electron chi connectivity index (χ0n) is 10.7. The van der Waals surface area contributed by atoms with Gasteiger partial charge in [-0.1, -0.05) is 0 Å². The van der Waals surface area contributed by atoms with E-state index in [2.05, 4.69) is 0 Å². The number of nitrogen functional groups attached to an aromatic ring is 1. The topological polar surface area (TPSA) is 55.6 Å². The average molecular weight is 236 g/mol. The number of amides is 1. The Hall–Kier alpha value is -1.71. The maximum Gasteiger partial charge on any atom is 0.253 e. The second-order valence-electron chi connectivity index (χ2n) is 3.66. The Kier molecular flexibility index (Phi) is 4.82. The van der Waals surface area contributed by atoms with Crippen LogP contribution in [0.4, 0.5) is 5.69 Å². The Morgan fingerprint density at radius 2 is 1.94 bits per heavy atom. The minimum absolute atomic E-state index is 0.00440. The van der Waals surface area contributed by atoms with Gasteiger partial charge in [-0.25, -0.2) is 0 Å². The number of nitrogens with zero attached hydrogens (tertiary/aromatic N) is 1. The summed E-state index contributed by atoms with van der Waals surface area (Å²) in [5, 5.41) is 0. The fourth-order valence-corrected chi connectivity index (χ4v) is 1.66. The molecule has 94 valence electrons. The Bertz CT molecular complexity index is 387. The molecule has 4 nitrogen and oxygen atoms in total. The van der Waals surface area contributed by atoms with Crippen LogP contribution in [0.15, 0.2) is 18.2 Å². The molecule has 4 heteroatoms. The Morgan fingerprint density at radius 3 is 2.41 bits per heavy atom. The molecule has 0 fully saturated rings. The van der Waals surface area contributed by atoms with E-state index in [1.165, 1.54) is 0 Å². The highest BCUT2D eigenvalue weighted by atomic mass is 16.5. The first-order valence-electron chi connectivity index (χ1n) is 5.95. The van der Waals surface area contributed by atoms with Crippen molar-refractivity contribution in [3.05, 3.63) is 23.8 Å². The summed E-state index contributed by atoms with van der Waals surface area (Å²) >= 11 is 0. The summed E-state index contributed by atoms with van der Waals surface area (Å²) in [6.45, 7) is 7.77. The number of carbonyl (C=O) groups is 1. The third kappa shape index (κ3) is 3.12. The van der Waals surface area contributed by atoms with E-state index in [4.69, 9.17) is 10.5 Å². The van der Waals surface area contributed by atoms with Crippen molar-refractivity contribution in [2.75, 3.05) is 25.4 Å². The van der Waals surface area contributed by atoms with E-state index < -0.39 is 0 Å². The van der Waals surface area contributed by atoms with E-state index in [0.717, 1.165) is 0 Å². The molecule has 1 aromatic carbocycles. The fraction of sp³-hybridized carbons (Fsp3) is 0.462. The van der Waals surface area contributed by atoms with Crippen LogP contribution in [-0.2, 0) is 0 Å². The fourth-order valence-electron chi connectivity index (χ4n) is 1.66. The number of nitrogens with two attached hydrogens (primary N) is 1. The molecule has 0 aliphatic rings. The molecule has 0 aromatic heterocycles. The smallest absolute Gasteiger partial charge is 0.253 e. The van der Waals surface area contributed by atoms with Crippen LogP contribution in [0.5, 0.6) is 5.75 Å². The van der Waals surface area contributed by atoms with E-state index in [-0.39, 0.29) is 5.91 Å². The predicted molar refractivity (Wildman–Crippen MR) is 69.3 cm³/mol. The maximum atomic E-state index is 12.1.